The maximum Gasteiger partial charge on any atom is 0.287 e. The van der Waals surface area contributed by atoms with Crippen molar-refractivity contribution in [3.63, 3.8) is 0 Å². The number of nitrogens with zero attached hydrogens (tertiary/aromatic N) is 2. The van der Waals surface area contributed by atoms with E-state index in [4.69, 9.17) is 4.74 Å². The summed E-state index contributed by atoms with van der Waals surface area (Å²) in [6.07, 6.45) is 2.03. The zero-order valence-corrected chi connectivity index (χ0v) is 12.5. The molecule has 1 aromatic carbocycles. The van der Waals surface area contributed by atoms with Crippen molar-refractivity contribution in [2.75, 3.05) is 12.0 Å². The van der Waals surface area contributed by atoms with Crippen LogP contribution in [0.2, 0.25) is 0 Å². The third kappa shape index (κ3) is 4.95. The maximum absolute atomic E-state index is 11.7. The summed E-state index contributed by atoms with van der Waals surface area (Å²) in [6.45, 7) is 1.90. The molecule has 0 aliphatic rings. The van der Waals surface area contributed by atoms with Gasteiger partial charge in [-0.05, 0) is 30.2 Å². The van der Waals surface area contributed by atoms with Gasteiger partial charge in [0.15, 0.2) is 6.61 Å². The number of carbonyl (C=O) groups excluding carboxylic acids is 1. The fourth-order valence-electron chi connectivity index (χ4n) is 1.71. The van der Waals surface area contributed by atoms with Gasteiger partial charge in [0.2, 0.25) is 0 Å². The summed E-state index contributed by atoms with van der Waals surface area (Å²) >= 11 is 0. The molecule has 23 heavy (non-hydrogen) atoms. The summed E-state index contributed by atoms with van der Waals surface area (Å²) < 4.78 is 5.34. The average Bonchev–Trinajstić information content (AvgIpc) is 2.59. The lowest BCUT2D eigenvalue weighted by Crippen LogP contribution is -2.33. The van der Waals surface area contributed by atoms with Crippen molar-refractivity contribution in [3.05, 3.63) is 58.3 Å². The predicted molar refractivity (Wildman–Crippen MR) is 84.0 cm³/mol. The molecule has 1 heterocycles. The summed E-state index contributed by atoms with van der Waals surface area (Å²) in [7, 11) is 0. The SMILES string of the molecule is CCc1ccc(OCC(=O)NNc2ccc([N+](=O)[O-])cn2)cc1. The van der Waals surface area contributed by atoms with E-state index >= 15 is 0 Å². The van der Waals surface area contributed by atoms with Crippen LogP contribution in [0.15, 0.2) is 42.6 Å². The first kappa shape index (κ1) is 16.2. The highest BCUT2D eigenvalue weighted by atomic mass is 16.6. The third-order valence-electron chi connectivity index (χ3n) is 2.99. The molecular weight excluding hydrogens is 300 g/mol. The Morgan fingerprint density at radius 3 is 2.57 bits per heavy atom. The molecule has 0 aliphatic carbocycles. The summed E-state index contributed by atoms with van der Waals surface area (Å²) in [5.74, 6) is 0.492. The molecule has 0 bridgehead atoms. The minimum absolute atomic E-state index is 0.124. The molecule has 0 radical (unpaired) electrons. The molecule has 2 aromatic rings. The molecule has 0 saturated carbocycles. The van der Waals surface area contributed by atoms with Crippen molar-refractivity contribution in [1.82, 2.24) is 10.4 Å². The van der Waals surface area contributed by atoms with Crippen molar-refractivity contribution >= 4 is 17.4 Å². The Kier molecular flexibility index (Phi) is 5.45. The van der Waals surface area contributed by atoms with Gasteiger partial charge in [0, 0.05) is 6.07 Å². The number of hydrogen-bond donors (Lipinski definition) is 2. The number of hydrogen-bond acceptors (Lipinski definition) is 6. The fourth-order valence-corrected chi connectivity index (χ4v) is 1.71. The van der Waals surface area contributed by atoms with Crippen LogP contribution in [0, 0.1) is 10.1 Å². The number of anilines is 1. The number of rotatable bonds is 7. The van der Waals surface area contributed by atoms with Crippen LogP contribution >= 0.6 is 0 Å². The Labute approximate surface area is 132 Å². The van der Waals surface area contributed by atoms with Gasteiger partial charge < -0.3 is 4.74 Å². The quantitative estimate of drug-likeness (QED) is 0.598. The number of pyridine rings is 1. The highest BCUT2D eigenvalue weighted by molar-refractivity contribution is 5.78. The van der Waals surface area contributed by atoms with Crippen LogP contribution in [0.25, 0.3) is 0 Å². The molecule has 1 amide bonds. The molecule has 8 nitrogen and oxygen atoms in total. The monoisotopic (exact) mass is 316 g/mol. The maximum atomic E-state index is 11.7. The van der Waals surface area contributed by atoms with E-state index in [0.29, 0.717) is 5.75 Å². The Morgan fingerprint density at radius 1 is 1.26 bits per heavy atom. The smallest absolute Gasteiger partial charge is 0.287 e. The molecule has 0 fully saturated rings. The van der Waals surface area contributed by atoms with E-state index in [1.165, 1.54) is 17.7 Å². The van der Waals surface area contributed by atoms with Crippen LogP contribution < -0.4 is 15.6 Å². The number of amides is 1. The van der Waals surface area contributed by atoms with Crippen molar-refractivity contribution in [2.45, 2.75) is 13.3 Å². The lowest BCUT2D eigenvalue weighted by molar-refractivity contribution is -0.385. The van der Waals surface area contributed by atoms with Crippen LogP contribution in [-0.2, 0) is 11.2 Å². The minimum atomic E-state index is -0.549. The zero-order valence-electron chi connectivity index (χ0n) is 12.5. The first-order chi connectivity index (χ1) is 11.1. The number of benzene rings is 1. The van der Waals surface area contributed by atoms with E-state index < -0.39 is 10.8 Å². The number of aryl methyl sites for hydroxylation is 1. The molecule has 2 N–H and O–H groups in total. The number of nitrogens with one attached hydrogen (secondary N) is 2. The lowest BCUT2D eigenvalue weighted by Gasteiger charge is -2.09. The summed E-state index contributed by atoms with van der Waals surface area (Å²) in [4.78, 5) is 25.4. The number of carbonyl (C=O) groups is 1. The summed E-state index contributed by atoms with van der Waals surface area (Å²) in [5, 5.41) is 10.5. The van der Waals surface area contributed by atoms with Gasteiger partial charge in [-0.15, -0.1) is 0 Å². The van der Waals surface area contributed by atoms with E-state index in [1.54, 1.807) is 12.1 Å². The first-order valence-corrected chi connectivity index (χ1v) is 6.95. The third-order valence-corrected chi connectivity index (χ3v) is 2.99. The van der Waals surface area contributed by atoms with E-state index in [2.05, 4.69) is 22.8 Å². The fraction of sp³-hybridized carbons (Fsp3) is 0.200. The number of nitro groups is 1. The van der Waals surface area contributed by atoms with Gasteiger partial charge in [0.25, 0.3) is 11.6 Å². The van der Waals surface area contributed by atoms with E-state index in [-0.39, 0.29) is 18.1 Å². The normalized spacial score (nSPS) is 9.96. The first-order valence-electron chi connectivity index (χ1n) is 6.95. The molecule has 2 rings (SSSR count). The van der Waals surface area contributed by atoms with Crippen LogP contribution in [-0.4, -0.2) is 22.4 Å². The van der Waals surface area contributed by atoms with Gasteiger partial charge >= 0.3 is 0 Å². The Bertz CT molecular complexity index is 671. The number of ether oxygens (including phenoxy) is 1. The molecule has 120 valence electrons. The Morgan fingerprint density at radius 2 is 2.00 bits per heavy atom. The second kappa shape index (κ2) is 7.74. The predicted octanol–water partition coefficient (Wildman–Crippen LogP) is 2.07. The largest absolute Gasteiger partial charge is 0.484 e. The molecule has 0 aliphatic heterocycles. The van der Waals surface area contributed by atoms with Gasteiger partial charge in [0.05, 0.1) is 4.92 Å². The number of hydrazine groups is 1. The van der Waals surface area contributed by atoms with E-state index in [9.17, 15) is 14.9 Å². The molecule has 0 unspecified atom stereocenters. The molecule has 8 heteroatoms. The standard InChI is InChI=1S/C15H16N4O4/c1-2-11-3-6-13(7-4-11)23-10-15(20)18-17-14-8-5-12(9-16-14)19(21)22/h3-9H,2,10H2,1H3,(H,16,17)(H,18,20). The van der Waals surface area contributed by atoms with E-state index in [0.717, 1.165) is 12.6 Å². The Balaban J connectivity index is 1.77. The van der Waals surface area contributed by atoms with E-state index in [1.807, 2.05) is 12.1 Å². The zero-order chi connectivity index (χ0) is 16.7. The van der Waals surface area contributed by atoms with Crippen LogP contribution in [0.5, 0.6) is 5.75 Å². The van der Waals surface area contributed by atoms with Crippen LogP contribution in [0.3, 0.4) is 0 Å². The van der Waals surface area contributed by atoms with Gasteiger partial charge in [-0.1, -0.05) is 19.1 Å². The molecule has 1 aromatic heterocycles. The molecule has 0 atom stereocenters. The lowest BCUT2D eigenvalue weighted by atomic mass is 10.2. The highest BCUT2D eigenvalue weighted by Crippen LogP contribution is 2.12. The number of aromatic nitrogens is 1. The highest BCUT2D eigenvalue weighted by Gasteiger charge is 2.06. The van der Waals surface area contributed by atoms with Crippen molar-refractivity contribution in [3.8, 4) is 5.75 Å². The second-order valence-electron chi connectivity index (χ2n) is 4.62. The summed E-state index contributed by atoms with van der Waals surface area (Å²) in [6, 6.07) is 10.2. The topological polar surface area (TPSA) is 106 Å². The van der Waals surface area contributed by atoms with Gasteiger partial charge in [-0.2, -0.15) is 0 Å². The average molecular weight is 316 g/mol. The molecular formula is C15H16N4O4. The second-order valence-corrected chi connectivity index (χ2v) is 4.62. The Hall–Kier alpha value is -3.16. The van der Waals surface area contributed by atoms with Gasteiger partial charge in [-0.25, -0.2) is 4.98 Å². The van der Waals surface area contributed by atoms with Crippen molar-refractivity contribution < 1.29 is 14.5 Å². The molecule has 0 saturated heterocycles. The molecule has 0 spiro atoms. The van der Waals surface area contributed by atoms with Crippen molar-refractivity contribution in [2.24, 2.45) is 0 Å². The summed E-state index contributed by atoms with van der Waals surface area (Å²) in [5.41, 5.74) is 6.01. The van der Waals surface area contributed by atoms with Crippen LogP contribution in [0.4, 0.5) is 11.5 Å². The van der Waals surface area contributed by atoms with Gasteiger partial charge in [-0.3, -0.25) is 25.8 Å². The van der Waals surface area contributed by atoms with Gasteiger partial charge in [0.1, 0.15) is 17.8 Å². The minimum Gasteiger partial charge on any atom is -0.484 e. The van der Waals surface area contributed by atoms with Crippen molar-refractivity contribution in [1.29, 1.82) is 0 Å². The van der Waals surface area contributed by atoms with Crippen LogP contribution in [0.1, 0.15) is 12.5 Å².